The summed E-state index contributed by atoms with van der Waals surface area (Å²) < 4.78 is 1.91. The minimum atomic E-state index is -0.0237. The monoisotopic (exact) mass is 313 g/mol. The number of aromatic nitrogens is 4. The highest BCUT2D eigenvalue weighted by molar-refractivity contribution is 5.84. The Hall–Kier alpha value is -2.51. The number of nitrogens with zero attached hydrogens (tertiary/aromatic N) is 5. The maximum Gasteiger partial charge on any atom is 0.170 e. The maximum atomic E-state index is 9.22. The third kappa shape index (κ3) is 3.01. The number of imidazole rings is 1. The molecule has 2 N–H and O–H groups in total. The Morgan fingerprint density at radius 3 is 2.57 bits per heavy atom. The largest absolute Gasteiger partial charge is 0.395 e. The smallest absolute Gasteiger partial charge is 0.170 e. The molecule has 2 heterocycles. The molecule has 0 aliphatic rings. The lowest BCUT2D eigenvalue weighted by Crippen LogP contribution is -2.30. The molecule has 3 rings (SSSR count). The molecule has 0 spiro atoms. The summed E-state index contributed by atoms with van der Waals surface area (Å²) >= 11 is 0. The zero-order valence-electron chi connectivity index (χ0n) is 12.9. The van der Waals surface area contributed by atoms with E-state index in [9.17, 15) is 10.2 Å². The van der Waals surface area contributed by atoms with E-state index < -0.39 is 0 Å². The van der Waals surface area contributed by atoms with Crippen molar-refractivity contribution in [3.63, 3.8) is 0 Å². The van der Waals surface area contributed by atoms with Gasteiger partial charge in [0.25, 0.3) is 0 Å². The van der Waals surface area contributed by atoms with Gasteiger partial charge in [0.05, 0.1) is 13.2 Å². The van der Waals surface area contributed by atoms with Crippen LogP contribution in [0.1, 0.15) is 5.56 Å². The fourth-order valence-corrected chi connectivity index (χ4v) is 2.59. The van der Waals surface area contributed by atoms with Gasteiger partial charge in [-0.05, 0) is 24.6 Å². The number of fused-ring (bicyclic) bond motifs is 1. The molecule has 0 unspecified atom stereocenters. The molecule has 3 aromatic rings. The van der Waals surface area contributed by atoms with E-state index in [4.69, 9.17) is 0 Å². The van der Waals surface area contributed by atoms with E-state index in [0.717, 1.165) is 11.3 Å². The second-order valence-corrected chi connectivity index (χ2v) is 5.26. The SMILES string of the molecule is Cc1cccc(-n2cnc3c(N(CCO)CCO)ncnc32)c1. The first-order valence-electron chi connectivity index (χ1n) is 7.46. The first-order chi connectivity index (χ1) is 11.2. The molecule has 0 aliphatic carbocycles. The van der Waals surface area contributed by atoms with Crippen LogP contribution in [0.4, 0.5) is 5.82 Å². The summed E-state index contributed by atoms with van der Waals surface area (Å²) in [5.41, 5.74) is 3.48. The van der Waals surface area contributed by atoms with Gasteiger partial charge in [-0.25, -0.2) is 15.0 Å². The van der Waals surface area contributed by atoms with Gasteiger partial charge in [0.15, 0.2) is 17.0 Å². The van der Waals surface area contributed by atoms with Crippen molar-refractivity contribution in [3.8, 4) is 5.69 Å². The molecule has 0 radical (unpaired) electrons. The molecule has 7 heteroatoms. The van der Waals surface area contributed by atoms with Gasteiger partial charge < -0.3 is 15.1 Å². The second kappa shape index (κ2) is 6.72. The molecule has 0 bridgehead atoms. The van der Waals surface area contributed by atoms with Gasteiger partial charge in [-0.15, -0.1) is 0 Å². The Labute approximate surface area is 133 Å². The minimum Gasteiger partial charge on any atom is -0.395 e. The zero-order valence-corrected chi connectivity index (χ0v) is 12.9. The number of hydrogen-bond donors (Lipinski definition) is 2. The van der Waals surface area contributed by atoms with Crippen LogP contribution in [0.2, 0.25) is 0 Å². The Balaban J connectivity index is 2.10. The molecule has 0 atom stereocenters. The lowest BCUT2D eigenvalue weighted by molar-refractivity contribution is 0.281. The highest BCUT2D eigenvalue weighted by Gasteiger charge is 2.16. The van der Waals surface area contributed by atoms with Gasteiger partial charge in [0.2, 0.25) is 0 Å². The number of hydrogen-bond acceptors (Lipinski definition) is 6. The molecule has 0 aliphatic heterocycles. The van der Waals surface area contributed by atoms with Crippen molar-refractivity contribution < 1.29 is 10.2 Å². The normalized spacial score (nSPS) is 11.1. The molecule has 1 aromatic carbocycles. The van der Waals surface area contributed by atoms with E-state index >= 15 is 0 Å². The van der Waals surface area contributed by atoms with Gasteiger partial charge in [-0.1, -0.05) is 12.1 Å². The van der Waals surface area contributed by atoms with Crippen LogP contribution >= 0.6 is 0 Å². The summed E-state index contributed by atoms with van der Waals surface area (Å²) in [6.45, 7) is 2.75. The average molecular weight is 313 g/mol. The number of aliphatic hydroxyl groups is 2. The second-order valence-electron chi connectivity index (χ2n) is 5.26. The van der Waals surface area contributed by atoms with Gasteiger partial charge >= 0.3 is 0 Å². The lowest BCUT2D eigenvalue weighted by atomic mass is 10.2. The van der Waals surface area contributed by atoms with Crippen molar-refractivity contribution >= 4 is 17.0 Å². The minimum absolute atomic E-state index is 0.0237. The summed E-state index contributed by atoms with van der Waals surface area (Å²) in [7, 11) is 0. The first kappa shape index (κ1) is 15.4. The number of aryl methyl sites for hydroxylation is 1. The molecular weight excluding hydrogens is 294 g/mol. The summed E-state index contributed by atoms with van der Waals surface area (Å²) in [5.74, 6) is 0.615. The van der Waals surface area contributed by atoms with Crippen molar-refractivity contribution in [2.45, 2.75) is 6.92 Å². The van der Waals surface area contributed by atoms with E-state index in [1.807, 2.05) is 29.7 Å². The molecule has 0 fully saturated rings. The third-order valence-electron chi connectivity index (χ3n) is 3.63. The molecule has 0 saturated carbocycles. The number of benzene rings is 1. The van der Waals surface area contributed by atoms with E-state index in [1.54, 1.807) is 11.2 Å². The summed E-state index contributed by atoms with van der Waals surface area (Å²) in [6, 6.07) is 8.08. The number of anilines is 1. The maximum absolute atomic E-state index is 9.22. The van der Waals surface area contributed by atoms with Crippen LogP contribution < -0.4 is 4.90 Å². The van der Waals surface area contributed by atoms with Gasteiger partial charge in [-0.2, -0.15) is 0 Å². The van der Waals surface area contributed by atoms with Gasteiger partial charge in [-0.3, -0.25) is 4.57 Å². The fraction of sp³-hybridized carbons (Fsp3) is 0.312. The van der Waals surface area contributed by atoms with E-state index in [2.05, 4.69) is 21.0 Å². The number of rotatable bonds is 6. The molecule has 23 heavy (non-hydrogen) atoms. The molecule has 0 saturated heterocycles. The van der Waals surface area contributed by atoms with Gasteiger partial charge in [0.1, 0.15) is 12.7 Å². The van der Waals surface area contributed by atoms with Crippen molar-refractivity contribution in [1.29, 1.82) is 0 Å². The quantitative estimate of drug-likeness (QED) is 0.703. The van der Waals surface area contributed by atoms with Crippen LogP contribution in [0.3, 0.4) is 0 Å². The fourth-order valence-electron chi connectivity index (χ4n) is 2.59. The first-order valence-corrected chi connectivity index (χ1v) is 7.46. The van der Waals surface area contributed by atoms with Crippen LogP contribution in [0.5, 0.6) is 0 Å². The predicted molar refractivity (Wildman–Crippen MR) is 87.8 cm³/mol. The van der Waals surface area contributed by atoms with Crippen molar-refractivity contribution in [3.05, 3.63) is 42.5 Å². The molecular formula is C16H19N5O2. The van der Waals surface area contributed by atoms with Crippen LogP contribution in [-0.4, -0.2) is 56.0 Å². The van der Waals surface area contributed by atoms with E-state index in [-0.39, 0.29) is 13.2 Å². The molecule has 0 amide bonds. The highest BCUT2D eigenvalue weighted by Crippen LogP contribution is 2.23. The Morgan fingerprint density at radius 2 is 1.87 bits per heavy atom. The summed E-state index contributed by atoms with van der Waals surface area (Å²) in [4.78, 5) is 14.9. The van der Waals surface area contributed by atoms with Crippen molar-refractivity contribution in [2.75, 3.05) is 31.2 Å². The Kier molecular flexibility index (Phi) is 4.50. The Morgan fingerprint density at radius 1 is 1.09 bits per heavy atom. The molecule has 2 aromatic heterocycles. The van der Waals surface area contributed by atoms with Crippen LogP contribution in [0.15, 0.2) is 36.9 Å². The third-order valence-corrected chi connectivity index (χ3v) is 3.63. The standard InChI is InChI=1S/C16H19N5O2/c1-12-3-2-4-13(9-12)21-11-19-14-15(17-10-18-16(14)21)20(5-7-22)6-8-23/h2-4,9-11,22-23H,5-8H2,1H3. The van der Waals surface area contributed by atoms with Gasteiger partial charge in [0, 0.05) is 18.8 Å². The summed E-state index contributed by atoms with van der Waals surface area (Å²) in [5, 5.41) is 18.4. The average Bonchev–Trinajstić information content (AvgIpc) is 2.99. The van der Waals surface area contributed by atoms with E-state index in [1.165, 1.54) is 6.33 Å². The highest BCUT2D eigenvalue weighted by atomic mass is 16.3. The van der Waals surface area contributed by atoms with Crippen LogP contribution in [-0.2, 0) is 0 Å². The topological polar surface area (TPSA) is 87.3 Å². The zero-order chi connectivity index (χ0) is 16.2. The van der Waals surface area contributed by atoms with Crippen LogP contribution in [0, 0.1) is 6.92 Å². The van der Waals surface area contributed by atoms with Crippen LogP contribution in [0.25, 0.3) is 16.9 Å². The molecule has 7 nitrogen and oxygen atoms in total. The van der Waals surface area contributed by atoms with E-state index in [0.29, 0.717) is 30.1 Å². The van der Waals surface area contributed by atoms with Crippen molar-refractivity contribution in [2.24, 2.45) is 0 Å². The Bertz CT molecular complexity index is 796. The summed E-state index contributed by atoms with van der Waals surface area (Å²) in [6.07, 6.45) is 3.20. The molecule has 120 valence electrons. The van der Waals surface area contributed by atoms with Crippen molar-refractivity contribution in [1.82, 2.24) is 19.5 Å². The number of aliphatic hydroxyl groups excluding tert-OH is 2. The predicted octanol–water partition coefficient (Wildman–Crippen LogP) is 0.915. The lowest BCUT2D eigenvalue weighted by Gasteiger charge is -2.21.